The Hall–Kier alpha value is -4.70. The van der Waals surface area contributed by atoms with E-state index >= 15 is 0 Å². The summed E-state index contributed by atoms with van der Waals surface area (Å²) >= 11 is 0. The van der Waals surface area contributed by atoms with Crippen molar-refractivity contribution in [1.29, 1.82) is 5.26 Å². The van der Waals surface area contributed by atoms with Gasteiger partial charge in [0.1, 0.15) is 6.07 Å². The van der Waals surface area contributed by atoms with Crippen LogP contribution in [0.4, 0.5) is 0 Å². The van der Waals surface area contributed by atoms with Crippen molar-refractivity contribution in [2.45, 2.75) is 6.92 Å². The van der Waals surface area contributed by atoms with Crippen molar-refractivity contribution in [3.05, 3.63) is 84.3 Å². The molecule has 2 aromatic carbocycles. The van der Waals surface area contributed by atoms with E-state index < -0.39 is 0 Å². The maximum atomic E-state index is 9.15. The molecule has 5 rings (SSSR count). The van der Waals surface area contributed by atoms with Crippen LogP contribution >= 0.6 is 0 Å². The maximum Gasteiger partial charge on any atom is 0.161 e. The fourth-order valence-electron chi connectivity index (χ4n) is 4.00. The minimum absolute atomic E-state index is 0.533. The molecular weight excluding hydrogens is 426 g/mol. The number of hydrogen-bond donors (Lipinski definition) is 0. The molecule has 7 heteroatoms. The van der Waals surface area contributed by atoms with Gasteiger partial charge in [0.25, 0.3) is 0 Å². The first-order valence-corrected chi connectivity index (χ1v) is 10.7. The molecule has 0 N–H and O–H groups in total. The van der Waals surface area contributed by atoms with Gasteiger partial charge in [-0.15, -0.1) is 0 Å². The zero-order valence-corrected chi connectivity index (χ0v) is 19.0. The molecule has 0 fully saturated rings. The summed E-state index contributed by atoms with van der Waals surface area (Å²) < 4.78 is 12.7. The predicted octanol–water partition coefficient (Wildman–Crippen LogP) is 5.32. The Morgan fingerprint density at radius 3 is 2.26 bits per heavy atom. The molecule has 0 amide bonds. The first-order valence-electron chi connectivity index (χ1n) is 10.7. The SMILES string of the molecule is COc1ccc(-c2ccc3nc(C)c(-c4ccc(-c5cncc(C#N)c5)cc4)n3n2)cc1OC. The molecule has 0 aliphatic carbocycles. The molecule has 0 atom stereocenters. The number of nitrogens with zero attached hydrogens (tertiary/aromatic N) is 5. The molecule has 0 unspecified atom stereocenters. The molecule has 166 valence electrons. The Morgan fingerprint density at radius 1 is 0.794 bits per heavy atom. The van der Waals surface area contributed by atoms with E-state index in [2.05, 4.69) is 11.1 Å². The molecule has 0 saturated carbocycles. The first kappa shape index (κ1) is 21.2. The van der Waals surface area contributed by atoms with Crippen LogP contribution in [-0.2, 0) is 0 Å². The van der Waals surface area contributed by atoms with Crippen LogP contribution in [0.5, 0.6) is 11.5 Å². The van der Waals surface area contributed by atoms with Crippen LogP contribution in [0, 0.1) is 18.3 Å². The number of aryl methyl sites for hydroxylation is 1. The van der Waals surface area contributed by atoms with E-state index in [0.29, 0.717) is 17.1 Å². The summed E-state index contributed by atoms with van der Waals surface area (Å²) in [5.41, 5.74) is 7.70. The lowest BCUT2D eigenvalue weighted by Gasteiger charge is -2.10. The van der Waals surface area contributed by atoms with Crippen molar-refractivity contribution in [1.82, 2.24) is 19.6 Å². The smallest absolute Gasteiger partial charge is 0.161 e. The highest BCUT2D eigenvalue weighted by atomic mass is 16.5. The standard InChI is InChI=1S/C27H21N5O2/c1-17-27(20-6-4-19(5-7-20)22-12-18(14-28)15-29-16-22)32-26(30-17)11-9-23(31-32)21-8-10-24(33-2)25(13-21)34-3/h4-13,15-16H,1-3H3. The van der Waals surface area contributed by atoms with E-state index in [0.717, 1.165) is 45.0 Å². The number of methoxy groups -OCH3 is 2. The Balaban J connectivity index is 1.56. The zero-order chi connectivity index (χ0) is 23.7. The van der Waals surface area contributed by atoms with E-state index in [4.69, 9.17) is 24.8 Å². The summed E-state index contributed by atoms with van der Waals surface area (Å²) in [5, 5.41) is 14.0. The number of pyridine rings is 1. The molecule has 7 nitrogen and oxygen atoms in total. The molecule has 0 spiro atoms. The van der Waals surface area contributed by atoms with Crippen LogP contribution < -0.4 is 9.47 Å². The second kappa shape index (κ2) is 8.68. The Bertz CT molecular complexity index is 1550. The average Bonchev–Trinajstić information content (AvgIpc) is 3.23. The number of fused-ring (bicyclic) bond motifs is 1. The fourth-order valence-corrected chi connectivity index (χ4v) is 4.00. The van der Waals surface area contributed by atoms with Crippen LogP contribution in [-0.4, -0.2) is 33.8 Å². The van der Waals surface area contributed by atoms with Crippen LogP contribution in [0.25, 0.3) is 39.3 Å². The van der Waals surface area contributed by atoms with Crippen LogP contribution in [0.3, 0.4) is 0 Å². The van der Waals surface area contributed by atoms with Crippen molar-refractivity contribution >= 4 is 5.65 Å². The van der Waals surface area contributed by atoms with Crippen molar-refractivity contribution in [3.8, 4) is 51.2 Å². The highest BCUT2D eigenvalue weighted by Gasteiger charge is 2.15. The van der Waals surface area contributed by atoms with E-state index in [9.17, 15) is 0 Å². The van der Waals surface area contributed by atoms with E-state index in [1.54, 1.807) is 26.6 Å². The van der Waals surface area contributed by atoms with Gasteiger partial charge in [-0.05, 0) is 48.9 Å². The summed E-state index contributed by atoms with van der Waals surface area (Å²) in [6.07, 6.45) is 3.31. The van der Waals surface area contributed by atoms with Gasteiger partial charge >= 0.3 is 0 Å². The number of nitriles is 1. The largest absolute Gasteiger partial charge is 0.493 e. The van der Waals surface area contributed by atoms with Gasteiger partial charge in [0.15, 0.2) is 17.1 Å². The number of benzene rings is 2. The van der Waals surface area contributed by atoms with E-state index in [1.807, 2.05) is 72.1 Å². The van der Waals surface area contributed by atoms with Crippen molar-refractivity contribution < 1.29 is 9.47 Å². The Labute approximate surface area is 196 Å². The lowest BCUT2D eigenvalue weighted by molar-refractivity contribution is 0.355. The molecule has 34 heavy (non-hydrogen) atoms. The zero-order valence-electron chi connectivity index (χ0n) is 19.0. The summed E-state index contributed by atoms with van der Waals surface area (Å²) in [7, 11) is 3.23. The van der Waals surface area contributed by atoms with Gasteiger partial charge in [-0.1, -0.05) is 24.3 Å². The van der Waals surface area contributed by atoms with E-state index in [-0.39, 0.29) is 0 Å². The molecule has 0 aliphatic heterocycles. The van der Waals surface area contributed by atoms with Gasteiger partial charge < -0.3 is 9.47 Å². The molecule has 5 aromatic rings. The number of aromatic nitrogens is 4. The van der Waals surface area contributed by atoms with Crippen LogP contribution in [0.2, 0.25) is 0 Å². The van der Waals surface area contributed by atoms with Crippen molar-refractivity contribution in [2.75, 3.05) is 14.2 Å². The highest BCUT2D eigenvalue weighted by molar-refractivity contribution is 5.73. The third-order valence-electron chi connectivity index (χ3n) is 5.69. The van der Waals surface area contributed by atoms with Gasteiger partial charge in [0, 0.05) is 29.1 Å². The fraction of sp³-hybridized carbons (Fsp3) is 0.111. The lowest BCUT2D eigenvalue weighted by Crippen LogP contribution is -1.98. The van der Waals surface area contributed by atoms with Gasteiger partial charge in [-0.25, -0.2) is 9.50 Å². The molecule has 0 bridgehead atoms. The van der Waals surface area contributed by atoms with Crippen molar-refractivity contribution in [3.63, 3.8) is 0 Å². The van der Waals surface area contributed by atoms with Crippen LogP contribution in [0.15, 0.2) is 73.1 Å². The number of imidazole rings is 1. The molecule has 3 aromatic heterocycles. The van der Waals surface area contributed by atoms with Gasteiger partial charge in [0.2, 0.25) is 0 Å². The first-order chi connectivity index (χ1) is 16.6. The molecule has 0 radical (unpaired) electrons. The number of rotatable bonds is 5. The summed E-state index contributed by atoms with van der Waals surface area (Å²) in [4.78, 5) is 8.86. The predicted molar refractivity (Wildman–Crippen MR) is 130 cm³/mol. The maximum absolute atomic E-state index is 9.15. The quantitative estimate of drug-likeness (QED) is 0.362. The molecule has 0 saturated heterocycles. The topological polar surface area (TPSA) is 85.3 Å². The normalized spacial score (nSPS) is 10.8. The second-order valence-electron chi connectivity index (χ2n) is 7.76. The summed E-state index contributed by atoms with van der Waals surface area (Å²) in [5.74, 6) is 1.32. The molecule has 0 aliphatic rings. The highest BCUT2D eigenvalue weighted by Crippen LogP contribution is 2.33. The molecular formula is C27H21N5O2. The Kier molecular flexibility index (Phi) is 5.40. The van der Waals surface area contributed by atoms with Gasteiger partial charge in [-0.3, -0.25) is 4.98 Å². The Morgan fingerprint density at radius 2 is 1.53 bits per heavy atom. The minimum atomic E-state index is 0.533. The second-order valence-corrected chi connectivity index (χ2v) is 7.76. The van der Waals surface area contributed by atoms with Crippen LogP contribution in [0.1, 0.15) is 11.3 Å². The van der Waals surface area contributed by atoms with Gasteiger partial charge in [0.05, 0.1) is 36.9 Å². The monoisotopic (exact) mass is 447 g/mol. The number of ether oxygens (including phenoxy) is 2. The van der Waals surface area contributed by atoms with Crippen molar-refractivity contribution in [2.24, 2.45) is 0 Å². The third-order valence-corrected chi connectivity index (χ3v) is 5.69. The van der Waals surface area contributed by atoms with Gasteiger partial charge in [-0.2, -0.15) is 10.4 Å². The third kappa shape index (κ3) is 3.71. The lowest BCUT2D eigenvalue weighted by atomic mass is 10.0. The molecule has 3 heterocycles. The summed E-state index contributed by atoms with van der Waals surface area (Å²) in [6, 6.07) is 21.7. The minimum Gasteiger partial charge on any atom is -0.493 e. The number of hydrogen-bond acceptors (Lipinski definition) is 6. The summed E-state index contributed by atoms with van der Waals surface area (Å²) in [6.45, 7) is 1.98. The average molecular weight is 447 g/mol. The van der Waals surface area contributed by atoms with E-state index in [1.165, 1.54) is 0 Å².